The fourth-order valence-electron chi connectivity index (χ4n) is 2.81. The molecule has 1 saturated heterocycles. The summed E-state index contributed by atoms with van der Waals surface area (Å²) >= 11 is 0. The average molecular weight is 323 g/mol. The molecule has 2 atom stereocenters. The zero-order valence-electron chi connectivity index (χ0n) is 13.5. The highest BCUT2D eigenvalue weighted by atomic mass is 19.1. The first kappa shape index (κ1) is 17.2. The van der Waals surface area contributed by atoms with Gasteiger partial charge in [-0.15, -0.1) is 0 Å². The van der Waals surface area contributed by atoms with Gasteiger partial charge in [-0.05, 0) is 38.3 Å². The molecular weight excluding hydrogens is 301 g/mol. The summed E-state index contributed by atoms with van der Waals surface area (Å²) in [7, 11) is 1.34. The van der Waals surface area contributed by atoms with Gasteiger partial charge < -0.3 is 14.4 Å². The summed E-state index contributed by atoms with van der Waals surface area (Å²) in [6.07, 6.45) is 2.10. The second-order valence-corrected chi connectivity index (χ2v) is 5.68. The fourth-order valence-corrected chi connectivity index (χ4v) is 2.81. The summed E-state index contributed by atoms with van der Waals surface area (Å²) in [5, 5.41) is 0. The number of benzene rings is 1. The van der Waals surface area contributed by atoms with Crippen LogP contribution in [-0.2, 0) is 14.3 Å². The number of esters is 1. The van der Waals surface area contributed by atoms with Crippen molar-refractivity contribution in [2.45, 2.75) is 44.8 Å². The molecule has 0 radical (unpaired) electrons. The fraction of sp³-hybridized carbons (Fsp3) is 0.529. The van der Waals surface area contributed by atoms with Crippen LogP contribution in [0.4, 0.5) is 4.39 Å². The molecule has 126 valence electrons. The molecule has 23 heavy (non-hydrogen) atoms. The number of rotatable bonds is 5. The molecule has 0 spiro atoms. The third kappa shape index (κ3) is 4.68. The minimum atomic E-state index is -0.741. The van der Waals surface area contributed by atoms with E-state index in [1.54, 1.807) is 17.9 Å². The number of hydrogen-bond acceptors (Lipinski definition) is 4. The molecule has 2 rings (SSSR count). The van der Waals surface area contributed by atoms with Gasteiger partial charge in [0.15, 0.2) is 6.10 Å². The van der Waals surface area contributed by atoms with Gasteiger partial charge in [0.2, 0.25) is 0 Å². The predicted octanol–water partition coefficient (Wildman–Crippen LogP) is 2.54. The molecule has 1 aromatic rings. The number of piperidine rings is 1. The maximum atomic E-state index is 13.2. The molecule has 1 heterocycles. The van der Waals surface area contributed by atoms with Gasteiger partial charge in [0.25, 0.3) is 5.91 Å². The highest BCUT2D eigenvalue weighted by molar-refractivity contribution is 5.82. The smallest absolute Gasteiger partial charge is 0.307 e. The summed E-state index contributed by atoms with van der Waals surface area (Å²) in [6, 6.07) is 5.53. The molecule has 1 aromatic carbocycles. The van der Waals surface area contributed by atoms with Crippen molar-refractivity contribution >= 4 is 11.9 Å². The van der Waals surface area contributed by atoms with Crippen molar-refractivity contribution in [2.24, 2.45) is 0 Å². The number of methoxy groups -OCH3 is 1. The lowest BCUT2D eigenvalue weighted by Crippen LogP contribution is -2.49. The molecule has 1 amide bonds. The first-order valence-electron chi connectivity index (χ1n) is 7.80. The number of nitrogens with zero attached hydrogens (tertiary/aromatic N) is 1. The van der Waals surface area contributed by atoms with Crippen molar-refractivity contribution in [2.75, 3.05) is 13.7 Å². The highest BCUT2D eigenvalue weighted by Crippen LogP contribution is 2.22. The summed E-state index contributed by atoms with van der Waals surface area (Å²) in [5.74, 6) is -0.618. The van der Waals surface area contributed by atoms with Crippen molar-refractivity contribution in [1.82, 2.24) is 4.90 Å². The first-order chi connectivity index (χ1) is 11.0. The van der Waals surface area contributed by atoms with Gasteiger partial charge in [0.05, 0.1) is 13.5 Å². The number of carbonyl (C=O) groups is 2. The number of amides is 1. The lowest BCUT2D eigenvalue weighted by atomic mass is 9.98. The van der Waals surface area contributed by atoms with Gasteiger partial charge >= 0.3 is 5.97 Å². The van der Waals surface area contributed by atoms with Crippen LogP contribution in [0, 0.1) is 5.82 Å². The molecule has 0 saturated carbocycles. The quantitative estimate of drug-likeness (QED) is 0.782. The Kier molecular flexibility index (Phi) is 5.96. The van der Waals surface area contributed by atoms with Gasteiger partial charge in [-0.3, -0.25) is 9.59 Å². The second kappa shape index (κ2) is 7.94. The van der Waals surface area contributed by atoms with Gasteiger partial charge in [0, 0.05) is 18.7 Å². The van der Waals surface area contributed by atoms with Crippen molar-refractivity contribution < 1.29 is 23.5 Å². The first-order valence-corrected chi connectivity index (χ1v) is 7.80. The van der Waals surface area contributed by atoms with Gasteiger partial charge in [-0.25, -0.2) is 4.39 Å². The second-order valence-electron chi connectivity index (χ2n) is 5.68. The zero-order chi connectivity index (χ0) is 16.8. The van der Waals surface area contributed by atoms with E-state index in [0.717, 1.165) is 19.3 Å². The Balaban J connectivity index is 2.02. The Labute approximate surface area is 135 Å². The molecule has 2 unspecified atom stereocenters. The molecule has 0 N–H and O–H groups in total. The van der Waals surface area contributed by atoms with Gasteiger partial charge in [0.1, 0.15) is 11.6 Å². The van der Waals surface area contributed by atoms with Crippen molar-refractivity contribution in [3.8, 4) is 5.75 Å². The number of halogens is 1. The lowest BCUT2D eigenvalue weighted by molar-refractivity contribution is -0.147. The van der Waals surface area contributed by atoms with Gasteiger partial charge in [-0.1, -0.05) is 6.07 Å². The molecule has 1 aliphatic heterocycles. The highest BCUT2D eigenvalue weighted by Gasteiger charge is 2.32. The molecule has 0 aromatic heterocycles. The van der Waals surface area contributed by atoms with Crippen LogP contribution in [0.25, 0.3) is 0 Å². The van der Waals surface area contributed by atoms with Crippen LogP contribution in [0.5, 0.6) is 5.75 Å². The van der Waals surface area contributed by atoms with Crippen LogP contribution < -0.4 is 4.74 Å². The van der Waals surface area contributed by atoms with Crippen LogP contribution in [-0.4, -0.2) is 42.6 Å². The standard InChI is InChI=1S/C17H22FNO4/c1-12(23-15-8-5-6-13(18)10-15)17(21)19-9-4-3-7-14(19)11-16(20)22-2/h5-6,8,10,12,14H,3-4,7,9,11H2,1-2H3. The normalized spacial score (nSPS) is 19.1. The lowest BCUT2D eigenvalue weighted by Gasteiger charge is -2.36. The molecule has 0 aliphatic carbocycles. The monoisotopic (exact) mass is 323 g/mol. The minimum Gasteiger partial charge on any atom is -0.481 e. The molecule has 5 nitrogen and oxygen atoms in total. The van der Waals surface area contributed by atoms with Gasteiger partial charge in [-0.2, -0.15) is 0 Å². The SMILES string of the molecule is COC(=O)CC1CCCCN1C(=O)C(C)Oc1cccc(F)c1. The Hall–Kier alpha value is -2.11. The van der Waals surface area contributed by atoms with Crippen LogP contribution >= 0.6 is 0 Å². The summed E-state index contributed by atoms with van der Waals surface area (Å²) in [4.78, 5) is 25.8. The minimum absolute atomic E-state index is 0.165. The average Bonchev–Trinajstić information content (AvgIpc) is 2.54. The number of carbonyl (C=O) groups excluding carboxylic acids is 2. The molecule has 6 heteroatoms. The van der Waals surface area contributed by atoms with Crippen molar-refractivity contribution in [3.05, 3.63) is 30.1 Å². The Morgan fingerprint density at radius 2 is 2.17 bits per heavy atom. The van der Waals surface area contributed by atoms with E-state index in [9.17, 15) is 14.0 Å². The molecule has 1 aliphatic rings. The van der Waals surface area contributed by atoms with Crippen LogP contribution in [0.15, 0.2) is 24.3 Å². The van der Waals surface area contributed by atoms with Crippen LogP contribution in [0.3, 0.4) is 0 Å². The van der Waals surface area contributed by atoms with E-state index in [0.29, 0.717) is 12.3 Å². The molecule has 0 bridgehead atoms. The summed E-state index contributed by atoms with van der Waals surface area (Å²) in [5.41, 5.74) is 0. The van der Waals surface area contributed by atoms with E-state index in [2.05, 4.69) is 0 Å². The summed E-state index contributed by atoms with van der Waals surface area (Å²) < 4.78 is 23.4. The van der Waals surface area contributed by atoms with Crippen molar-refractivity contribution in [3.63, 3.8) is 0 Å². The van der Waals surface area contributed by atoms with Crippen LogP contribution in [0.2, 0.25) is 0 Å². The van der Waals surface area contributed by atoms with E-state index in [4.69, 9.17) is 9.47 Å². The predicted molar refractivity (Wildman–Crippen MR) is 82.5 cm³/mol. The Morgan fingerprint density at radius 1 is 1.39 bits per heavy atom. The van der Waals surface area contributed by atoms with E-state index < -0.39 is 11.9 Å². The number of ether oxygens (including phenoxy) is 2. The third-order valence-corrected chi connectivity index (χ3v) is 4.00. The molecule has 1 fully saturated rings. The zero-order valence-corrected chi connectivity index (χ0v) is 13.5. The van der Waals surface area contributed by atoms with Crippen LogP contribution in [0.1, 0.15) is 32.6 Å². The Bertz CT molecular complexity index is 563. The number of hydrogen-bond donors (Lipinski definition) is 0. The van der Waals surface area contributed by atoms with E-state index in [1.807, 2.05) is 0 Å². The molecular formula is C17H22FNO4. The van der Waals surface area contributed by atoms with E-state index in [-0.39, 0.29) is 24.3 Å². The topological polar surface area (TPSA) is 55.8 Å². The Morgan fingerprint density at radius 3 is 2.87 bits per heavy atom. The summed E-state index contributed by atoms with van der Waals surface area (Å²) in [6.45, 7) is 2.23. The van der Waals surface area contributed by atoms with E-state index in [1.165, 1.54) is 25.3 Å². The third-order valence-electron chi connectivity index (χ3n) is 4.00. The maximum Gasteiger partial charge on any atom is 0.307 e. The number of likely N-dealkylation sites (tertiary alicyclic amines) is 1. The largest absolute Gasteiger partial charge is 0.481 e. The van der Waals surface area contributed by atoms with E-state index >= 15 is 0 Å². The van der Waals surface area contributed by atoms with Crippen molar-refractivity contribution in [1.29, 1.82) is 0 Å². The maximum absolute atomic E-state index is 13.2.